The number of sulfonamides is 1. The van der Waals surface area contributed by atoms with E-state index in [4.69, 9.17) is 0 Å². The van der Waals surface area contributed by atoms with E-state index in [2.05, 4.69) is 10.0 Å². The molecule has 1 aromatic carbocycles. The minimum absolute atomic E-state index is 0.160. The van der Waals surface area contributed by atoms with E-state index in [1.807, 2.05) is 0 Å². The fraction of sp³-hybridized carbons (Fsp3) is 0.300. The second-order valence-corrected chi connectivity index (χ2v) is 5.33. The van der Waals surface area contributed by atoms with Crippen LogP contribution in [-0.4, -0.2) is 20.6 Å². The number of hydrogen-bond donors (Lipinski definition) is 2. The van der Waals surface area contributed by atoms with Crippen LogP contribution in [0.1, 0.15) is 12.5 Å². The van der Waals surface area contributed by atoms with E-state index < -0.39 is 10.0 Å². The lowest BCUT2D eigenvalue weighted by Crippen LogP contribution is -2.11. The van der Waals surface area contributed by atoms with Crippen LogP contribution in [-0.2, 0) is 14.8 Å². The van der Waals surface area contributed by atoms with Gasteiger partial charge >= 0.3 is 0 Å². The standard InChI is InChI=1S/C10H14N2O3S/c1-7-6-9(12-16(3,14)15)4-5-10(7)11-8(2)13/h4-6,12H,1-3H3,(H,11,13). The van der Waals surface area contributed by atoms with E-state index in [9.17, 15) is 13.2 Å². The summed E-state index contributed by atoms with van der Waals surface area (Å²) in [5.74, 6) is -0.160. The van der Waals surface area contributed by atoms with Crippen molar-refractivity contribution in [2.75, 3.05) is 16.3 Å². The van der Waals surface area contributed by atoms with Crippen molar-refractivity contribution in [3.8, 4) is 0 Å². The molecule has 0 saturated heterocycles. The molecule has 0 atom stereocenters. The third kappa shape index (κ3) is 3.90. The molecule has 0 aliphatic heterocycles. The van der Waals surface area contributed by atoms with Crippen LogP contribution in [0.15, 0.2) is 18.2 Å². The predicted octanol–water partition coefficient (Wildman–Crippen LogP) is 1.32. The molecule has 0 radical (unpaired) electrons. The Morgan fingerprint density at radius 1 is 1.31 bits per heavy atom. The van der Waals surface area contributed by atoms with Crippen LogP contribution in [0.2, 0.25) is 0 Å². The summed E-state index contributed by atoms with van der Waals surface area (Å²) in [5, 5.41) is 2.65. The first-order chi connectivity index (χ1) is 7.28. The molecule has 88 valence electrons. The van der Waals surface area contributed by atoms with Crippen LogP contribution in [0.3, 0.4) is 0 Å². The maximum atomic E-state index is 11.0. The summed E-state index contributed by atoms with van der Waals surface area (Å²) in [4.78, 5) is 10.9. The number of rotatable bonds is 3. The van der Waals surface area contributed by atoms with Gasteiger partial charge in [0.1, 0.15) is 0 Å². The Morgan fingerprint density at radius 2 is 1.94 bits per heavy atom. The zero-order chi connectivity index (χ0) is 12.3. The van der Waals surface area contributed by atoms with Crippen LogP contribution in [0.25, 0.3) is 0 Å². The largest absolute Gasteiger partial charge is 0.326 e. The fourth-order valence-electron chi connectivity index (χ4n) is 1.27. The quantitative estimate of drug-likeness (QED) is 0.839. The molecule has 16 heavy (non-hydrogen) atoms. The summed E-state index contributed by atoms with van der Waals surface area (Å²) < 4.78 is 24.3. The monoisotopic (exact) mass is 242 g/mol. The molecule has 2 N–H and O–H groups in total. The molecule has 0 heterocycles. The minimum atomic E-state index is -3.27. The van der Waals surface area contributed by atoms with Gasteiger partial charge in [0.2, 0.25) is 15.9 Å². The molecule has 0 bridgehead atoms. The number of amides is 1. The molecule has 0 saturated carbocycles. The number of anilines is 2. The Morgan fingerprint density at radius 3 is 2.38 bits per heavy atom. The Hall–Kier alpha value is -1.56. The SMILES string of the molecule is CC(=O)Nc1ccc(NS(C)(=O)=O)cc1C. The lowest BCUT2D eigenvalue weighted by atomic mass is 10.2. The Kier molecular flexibility index (Phi) is 3.54. The molecule has 0 aromatic heterocycles. The molecule has 0 spiro atoms. The van der Waals surface area contributed by atoms with Gasteiger partial charge in [0.15, 0.2) is 0 Å². The molecule has 0 aliphatic carbocycles. The van der Waals surface area contributed by atoms with Gasteiger partial charge < -0.3 is 5.32 Å². The molecule has 0 fully saturated rings. The lowest BCUT2D eigenvalue weighted by Gasteiger charge is -2.09. The molecular formula is C10H14N2O3S. The third-order valence-corrected chi connectivity index (χ3v) is 2.45. The number of nitrogens with one attached hydrogen (secondary N) is 2. The maximum absolute atomic E-state index is 11.0. The van der Waals surface area contributed by atoms with Crippen molar-refractivity contribution < 1.29 is 13.2 Å². The number of carbonyl (C=O) groups is 1. The van der Waals surface area contributed by atoms with Crippen molar-refractivity contribution in [2.24, 2.45) is 0 Å². The van der Waals surface area contributed by atoms with E-state index in [0.717, 1.165) is 11.8 Å². The number of carbonyl (C=O) groups excluding carboxylic acids is 1. The molecule has 0 unspecified atom stereocenters. The van der Waals surface area contributed by atoms with Gasteiger partial charge in [-0.2, -0.15) is 0 Å². The van der Waals surface area contributed by atoms with Gasteiger partial charge in [-0.15, -0.1) is 0 Å². The average molecular weight is 242 g/mol. The molecule has 6 heteroatoms. The average Bonchev–Trinajstić information content (AvgIpc) is 2.06. The second kappa shape index (κ2) is 4.52. The van der Waals surface area contributed by atoms with Crippen molar-refractivity contribution in [1.29, 1.82) is 0 Å². The summed E-state index contributed by atoms with van der Waals surface area (Å²) in [6.45, 7) is 3.21. The number of aryl methyl sites for hydroxylation is 1. The highest BCUT2D eigenvalue weighted by atomic mass is 32.2. The van der Waals surface area contributed by atoms with Crippen LogP contribution in [0.5, 0.6) is 0 Å². The predicted molar refractivity (Wildman–Crippen MR) is 63.9 cm³/mol. The third-order valence-electron chi connectivity index (χ3n) is 1.84. The number of hydrogen-bond acceptors (Lipinski definition) is 3. The van der Waals surface area contributed by atoms with Crippen molar-refractivity contribution >= 4 is 27.3 Å². The van der Waals surface area contributed by atoms with Crippen molar-refractivity contribution in [3.05, 3.63) is 23.8 Å². The fourth-order valence-corrected chi connectivity index (χ4v) is 1.83. The first-order valence-corrected chi connectivity index (χ1v) is 6.53. The molecule has 1 rings (SSSR count). The smallest absolute Gasteiger partial charge is 0.229 e. The second-order valence-electron chi connectivity index (χ2n) is 3.59. The summed E-state index contributed by atoms with van der Waals surface area (Å²) in [6.07, 6.45) is 1.09. The lowest BCUT2D eigenvalue weighted by molar-refractivity contribution is -0.114. The number of benzene rings is 1. The highest BCUT2D eigenvalue weighted by Gasteiger charge is 2.05. The van der Waals surface area contributed by atoms with Gasteiger partial charge in [-0.25, -0.2) is 8.42 Å². The summed E-state index contributed by atoms with van der Waals surface area (Å²) in [6, 6.07) is 4.91. The van der Waals surface area contributed by atoms with Gasteiger partial charge in [0.05, 0.1) is 6.26 Å². The maximum Gasteiger partial charge on any atom is 0.229 e. The van der Waals surface area contributed by atoms with E-state index in [0.29, 0.717) is 11.4 Å². The van der Waals surface area contributed by atoms with Crippen LogP contribution < -0.4 is 10.0 Å². The van der Waals surface area contributed by atoms with Crippen LogP contribution >= 0.6 is 0 Å². The first kappa shape index (κ1) is 12.5. The topological polar surface area (TPSA) is 75.3 Å². The van der Waals surface area contributed by atoms with Crippen molar-refractivity contribution in [1.82, 2.24) is 0 Å². The Balaban J connectivity index is 2.95. The summed E-state index contributed by atoms with van der Waals surface area (Å²) in [5.41, 5.74) is 1.95. The minimum Gasteiger partial charge on any atom is -0.326 e. The first-order valence-electron chi connectivity index (χ1n) is 4.64. The molecule has 1 aromatic rings. The van der Waals surface area contributed by atoms with Crippen LogP contribution in [0.4, 0.5) is 11.4 Å². The molecule has 5 nitrogen and oxygen atoms in total. The van der Waals surface area contributed by atoms with Gasteiger partial charge in [-0.1, -0.05) is 0 Å². The van der Waals surface area contributed by atoms with E-state index in [1.165, 1.54) is 6.92 Å². The van der Waals surface area contributed by atoms with Crippen LogP contribution in [0, 0.1) is 6.92 Å². The highest BCUT2D eigenvalue weighted by molar-refractivity contribution is 7.92. The van der Waals surface area contributed by atoms with Gasteiger partial charge in [0.25, 0.3) is 0 Å². The van der Waals surface area contributed by atoms with Gasteiger partial charge in [-0.05, 0) is 30.7 Å². The zero-order valence-corrected chi connectivity index (χ0v) is 10.2. The Labute approximate surface area is 94.9 Å². The molecule has 0 aliphatic rings. The van der Waals surface area contributed by atoms with Crippen molar-refractivity contribution in [2.45, 2.75) is 13.8 Å². The van der Waals surface area contributed by atoms with Gasteiger partial charge in [-0.3, -0.25) is 9.52 Å². The zero-order valence-electron chi connectivity index (χ0n) is 9.37. The molecular weight excluding hydrogens is 228 g/mol. The summed E-state index contributed by atoms with van der Waals surface area (Å²) >= 11 is 0. The molecule has 1 amide bonds. The Bertz CT molecular complexity index is 509. The van der Waals surface area contributed by atoms with E-state index in [1.54, 1.807) is 25.1 Å². The van der Waals surface area contributed by atoms with E-state index >= 15 is 0 Å². The van der Waals surface area contributed by atoms with Gasteiger partial charge in [0, 0.05) is 18.3 Å². The van der Waals surface area contributed by atoms with E-state index in [-0.39, 0.29) is 5.91 Å². The highest BCUT2D eigenvalue weighted by Crippen LogP contribution is 2.20. The van der Waals surface area contributed by atoms with Crippen molar-refractivity contribution in [3.63, 3.8) is 0 Å². The summed E-state index contributed by atoms with van der Waals surface area (Å²) in [7, 11) is -3.27. The normalized spacial score (nSPS) is 10.9.